The largest absolute Gasteiger partial charge is 0.489 e. The Morgan fingerprint density at radius 2 is 1.85 bits per heavy atom. The van der Waals surface area contributed by atoms with E-state index >= 15 is 0 Å². The molecule has 0 aromatic heterocycles. The molecule has 0 fully saturated rings. The normalized spacial score (nSPS) is 10.7. The molecule has 6 nitrogen and oxygen atoms in total. The lowest BCUT2D eigenvalue weighted by atomic mass is 10.2. The summed E-state index contributed by atoms with van der Waals surface area (Å²) in [4.78, 5) is 10.3. The van der Waals surface area contributed by atoms with Gasteiger partial charge in [0.05, 0.1) is 16.8 Å². The third-order valence-electron chi connectivity index (χ3n) is 3.70. The van der Waals surface area contributed by atoms with Crippen LogP contribution in [0.5, 0.6) is 5.75 Å². The van der Waals surface area contributed by atoms with Gasteiger partial charge in [-0.3, -0.25) is 15.5 Å². The minimum Gasteiger partial charge on any atom is -0.489 e. The number of anilines is 1. The van der Waals surface area contributed by atoms with Crippen molar-refractivity contribution < 1.29 is 14.1 Å². The van der Waals surface area contributed by atoms with Gasteiger partial charge in [-0.05, 0) is 42.0 Å². The number of nitrogens with one attached hydrogen (secondary N) is 1. The predicted molar refractivity (Wildman–Crippen MR) is 101 cm³/mol. The molecular weight excluding hydrogens is 349 g/mol. The maximum Gasteiger partial charge on any atom is 0.271 e. The number of halogens is 1. The Hall–Kier alpha value is -3.74. The number of hydrogen-bond acceptors (Lipinski definition) is 5. The summed E-state index contributed by atoms with van der Waals surface area (Å²) in [6, 6.07) is 19.7. The van der Waals surface area contributed by atoms with Gasteiger partial charge in [-0.2, -0.15) is 5.10 Å². The van der Waals surface area contributed by atoms with E-state index < -0.39 is 4.92 Å². The Bertz CT molecular complexity index is 959. The van der Waals surface area contributed by atoms with E-state index in [1.165, 1.54) is 18.2 Å². The van der Waals surface area contributed by atoms with E-state index in [9.17, 15) is 14.5 Å². The average Bonchev–Trinajstić information content (AvgIpc) is 2.69. The van der Waals surface area contributed by atoms with Gasteiger partial charge in [0.2, 0.25) is 0 Å². The Morgan fingerprint density at radius 1 is 1.07 bits per heavy atom. The molecule has 0 atom stereocenters. The summed E-state index contributed by atoms with van der Waals surface area (Å²) >= 11 is 0. The number of nitrogens with zero attached hydrogens (tertiary/aromatic N) is 2. The summed E-state index contributed by atoms with van der Waals surface area (Å²) in [6.07, 6.45) is 1.58. The van der Waals surface area contributed by atoms with E-state index in [0.717, 1.165) is 5.56 Å². The predicted octanol–water partition coefficient (Wildman–Crippen LogP) is 4.76. The molecule has 3 aromatic carbocycles. The van der Waals surface area contributed by atoms with Crippen LogP contribution in [0, 0.1) is 15.9 Å². The summed E-state index contributed by atoms with van der Waals surface area (Å²) in [5.41, 5.74) is 4.56. The first kappa shape index (κ1) is 18.1. The van der Waals surface area contributed by atoms with Crippen LogP contribution in [-0.4, -0.2) is 11.1 Å². The second kappa shape index (κ2) is 8.57. The van der Waals surface area contributed by atoms with Crippen molar-refractivity contribution in [2.24, 2.45) is 5.10 Å². The Labute approximate surface area is 155 Å². The minimum absolute atomic E-state index is 0.00782. The standard InChI is InChI=1S/C20H16FN3O3/c21-20-7-2-1-4-16(20)14-27-19-10-8-15(9-11-19)13-22-23-17-5-3-6-18(12-17)24(25)26/h1-13,23H,14H2. The molecule has 0 heterocycles. The van der Waals surface area contributed by atoms with E-state index in [0.29, 0.717) is 17.0 Å². The number of ether oxygens (including phenoxy) is 1. The van der Waals surface area contributed by atoms with Crippen molar-refractivity contribution in [3.05, 3.63) is 99.9 Å². The molecule has 0 amide bonds. The molecule has 3 aromatic rings. The van der Waals surface area contributed by atoms with E-state index in [1.54, 1.807) is 60.8 Å². The monoisotopic (exact) mass is 365 g/mol. The second-order valence-corrected chi connectivity index (χ2v) is 5.63. The highest BCUT2D eigenvalue weighted by atomic mass is 19.1. The highest BCUT2D eigenvalue weighted by Gasteiger charge is 2.04. The molecule has 0 aliphatic heterocycles. The zero-order valence-electron chi connectivity index (χ0n) is 14.2. The lowest BCUT2D eigenvalue weighted by Gasteiger charge is -2.07. The number of rotatable bonds is 7. The SMILES string of the molecule is O=[N+]([O-])c1cccc(NN=Cc2ccc(OCc3ccccc3F)cc2)c1. The highest BCUT2D eigenvalue weighted by Crippen LogP contribution is 2.17. The zero-order chi connectivity index (χ0) is 19.1. The highest BCUT2D eigenvalue weighted by molar-refractivity contribution is 5.80. The smallest absolute Gasteiger partial charge is 0.271 e. The Morgan fingerprint density at radius 3 is 2.59 bits per heavy atom. The first-order valence-electron chi connectivity index (χ1n) is 8.11. The summed E-state index contributed by atoms with van der Waals surface area (Å²) in [7, 11) is 0. The maximum atomic E-state index is 13.6. The van der Waals surface area contributed by atoms with Crippen LogP contribution in [0.2, 0.25) is 0 Å². The molecule has 0 unspecified atom stereocenters. The third kappa shape index (κ3) is 5.12. The molecule has 7 heteroatoms. The fraction of sp³-hybridized carbons (Fsp3) is 0.0500. The van der Waals surface area contributed by atoms with Gasteiger partial charge in [0, 0.05) is 17.7 Å². The molecule has 1 N–H and O–H groups in total. The number of nitro benzene ring substituents is 1. The molecule has 27 heavy (non-hydrogen) atoms. The quantitative estimate of drug-likeness (QED) is 0.372. The minimum atomic E-state index is -0.463. The molecule has 0 aliphatic carbocycles. The zero-order valence-corrected chi connectivity index (χ0v) is 14.2. The molecule has 0 saturated heterocycles. The molecule has 0 bridgehead atoms. The molecule has 0 saturated carbocycles. The number of non-ortho nitro benzene ring substituents is 1. The van der Waals surface area contributed by atoms with Crippen molar-refractivity contribution >= 4 is 17.6 Å². The fourth-order valence-corrected chi connectivity index (χ4v) is 2.30. The van der Waals surface area contributed by atoms with Crippen molar-refractivity contribution in [2.75, 3.05) is 5.43 Å². The van der Waals surface area contributed by atoms with Crippen LogP contribution >= 0.6 is 0 Å². The summed E-state index contributed by atoms with van der Waals surface area (Å²) in [6.45, 7) is 0.147. The van der Waals surface area contributed by atoms with Gasteiger partial charge in [-0.15, -0.1) is 0 Å². The third-order valence-corrected chi connectivity index (χ3v) is 3.70. The van der Waals surface area contributed by atoms with Gasteiger partial charge in [-0.1, -0.05) is 24.3 Å². The van der Waals surface area contributed by atoms with Crippen molar-refractivity contribution in [3.8, 4) is 5.75 Å². The molecule has 3 rings (SSSR count). The number of hydrogen-bond donors (Lipinski definition) is 1. The summed E-state index contributed by atoms with van der Waals surface area (Å²) in [5.74, 6) is 0.315. The Balaban J connectivity index is 1.56. The van der Waals surface area contributed by atoms with Gasteiger partial charge in [0.15, 0.2) is 0 Å². The van der Waals surface area contributed by atoms with Crippen LogP contribution < -0.4 is 10.2 Å². The molecule has 0 spiro atoms. The number of hydrazone groups is 1. The molecule has 136 valence electrons. The van der Waals surface area contributed by atoms with E-state index in [4.69, 9.17) is 4.74 Å². The van der Waals surface area contributed by atoms with Crippen LogP contribution in [0.4, 0.5) is 15.8 Å². The first-order chi connectivity index (χ1) is 13.1. The van der Waals surface area contributed by atoms with E-state index in [1.807, 2.05) is 0 Å². The maximum absolute atomic E-state index is 13.6. The second-order valence-electron chi connectivity index (χ2n) is 5.63. The van der Waals surface area contributed by atoms with Crippen molar-refractivity contribution in [1.82, 2.24) is 0 Å². The van der Waals surface area contributed by atoms with Crippen LogP contribution in [-0.2, 0) is 6.61 Å². The van der Waals surface area contributed by atoms with Gasteiger partial charge in [0.25, 0.3) is 5.69 Å². The average molecular weight is 365 g/mol. The summed E-state index contributed by atoms with van der Waals surface area (Å²) < 4.78 is 19.1. The van der Waals surface area contributed by atoms with Gasteiger partial charge in [0.1, 0.15) is 18.2 Å². The number of benzene rings is 3. The van der Waals surface area contributed by atoms with Gasteiger partial charge in [-0.25, -0.2) is 4.39 Å². The van der Waals surface area contributed by atoms with E-state index in [-0.39, 0.29) is 18.1 Å². The lowest BCUT2D eigenvalue weighted by molar-refractivity contribution is -0.384. The van der Waals surface area contributed by atoms with E-state index in [2.05, 4.69) is 10.5 Å². The van der Waals surface area contributed by atoms with Gasteiger partial charge >= 0.3 is 0 Å². The van der Waals surface area contributed by atoms with Crippen LogP contribution in [0.25, 0.3) is 0 Å². The molecular formula is C20H16FN3O3. The van der Waals surface area contributed by atoms with Crippen molar-refractivity contribution in [1.29, 1.82) is 0 Å². The molecule has 0 aliphatic rings. The first-order valence-corrected chi connectivity index (χ1v) is 8.11. The van der Waals surface area contributed by atoms with Crippen LogP contribution in [0.1, 0.15) is 11.1 Å². The topological polar surface area (TPSA) is 76.8 Å². The van der Waals surface area contributed by atoms with Crippen molar-refractivity contribution in [3.63, 3.8) is 0 Å². The number of nitro groups is 1. The van der Waals surface area contributed by atoms with Crippen molar-refractivity contribution in [2.45, 2.75) is 6.61 Å². The van der Waals surface area contributed by atoms with Crippen LogP contribution in [0.15, 0.2) is 77.9 Å². The van der Waals surface area contributed by atoms with Gasteiger partial charge < -0.3 is 4.74 Å². The lowest BCUT2D eigenvalue weighted by Crippen LogP contribution is -1.98. The van der Waals surface area contributed by atoms with Crippen LogP contribution in [0.3, 0.4) is 0 Å². The summed E-state index contributed by atoms with van der Waals surface area (Å²) in [5, 5.41) is 14.8. The Kier molecular flexibility index (Phi) is 5.73. The fourth-order valence-electron chi connectivity index (χ4n) is 2.30. The molecule has 0 radical (unpaired) electrons.